The lowest BCUT2D eigenvalue weighted by molar-refractivity contribution is 0.475. The Bertz CT molecular complexity index is 453. The average molecular weight is 228 g/mol. The molecule has 0 spiro atoms. The maximum Gasteiger partial charge on any atom is 0.115 e. The van der Waals surface area contributed by atoms with E-state index in [9.17, 15) is 5.11 Å². The molecule has 2 aromatic rings. The Balaban J connectivity index is 1.93. The fourth-order valence-electron chi connectivity index (χ4n) is 1.69. The molecule has 0 saturated carbocycles. The monoisotopic (exact) mass is 228 g/mol. The van der Waals surface area contributed by atoms with Crippen LogP contribution in [0.1, 0.15) is 5.56 Å². The SMILES string of the molecule is NC(Cc1ccc(O)cc1)Nc1ccccc1. The molecule has 1 unspecified atom stereocenters. The minimum absolute atomic E-state index is 0.137. The number of hydrogen-bond acceptors (Lipinski definition) is 3. The smallest absolute Gasteiger partial charge is 0.115 e. The van der Waals surface area contributed by atoms with Gasteiger partial charge in [0.1, 0.15) is 5.75 Å². The average Bonchev–Trinajstić information content (AvgIpc) is 2.33. The van der Waals surface area contributed by atoms with Crippen LogP contribution in [-0.4, -0.2) is 11.3 Å². The predicted octanol–water partition coefficient (Wildman–Crippen LogP) is 2.33. The Morgan fingerprint density at radius 2 is 1.65 bits per heavy atom. The molecular formula is C14H16N2O. The summed E-state index contributed by atoms with van der Waals surface area (Å²) in [6.07, 6.45) is 0.580. The number of nitrogens with one attached hydrogen (secondary N) is 1. The van der Waals surface area contributed by atoms with Crippen LogP contribution in [-0.2, 0) is 6.42 Å². The van der Waals surface area contributed by atoms with Gasteiger partial charge >= 0.3 is 0 Å². The zero-order valence-corrected chi connectivity index (χ0v) is 9.51. The molecule has 88 valence electrons. The quantitative estimate of drug-likeness (QED) is 0.704. The van der Waals surface area contributed by atoms with Crippen LogP contribution in [0.25, 0.3) is 0 Å². The highest BCUT2D eigenvalue weighted by Gasteiger charge is 2.03. The van der Waals surface area contributed by atoms with Crippen LogP contribution in [0.15, 0.2) is 54.6 Å². The molecule has 3 heteroatoms. The molecule has 1 atom stereocenters. The largest absolute Gasteiger partial charge is 0.508 e. The van der Waals surface area contributed by atoms with E-state index in [-0.39, 0.29) is 11.9 Å². The second-order valence-corrected chi connectivity index (χ2v) is 3.99. The number of hydrogen-bond donors (Lipinski definition) is 3. The van der Waals surface area contributed by atoms with E-state index in [4.69, 9.17) is 5.73 Å². The number of phenolic OH excluding ortho intramolecular Hbond substituents is 1. The summed E-state index contributed by atoms with van der Waals surface area (Å²) in [6.45, 7) is 0. The lowest BCUT2D eigenvalue weighted by Crippen LogP contribution is -2.31. The van der Waals surface area contributed by atoms with Crippen molar-refractivity contribution < 1.29 is 5.11 Å². The van der Waals surface area contributed by atoms with E-state index >= 15 is 0 Å². The number of nitrogens with two attached hydrogens (primary N) is 1. The summed E-state index contributed by atoms with van der Waals surface area (Å²) in [5, 5.41) is 12.4. The third-order valence-electron chi connectivity index (χ3n) is 2.52. The van der Waals surface area contributed by atoms with Crippen molar-refractivity contribution in [2.75, 3.05) is 5.32 Å². The van der Waals surface area contributed by atoms with Gasteiger partial charge in [0.2, 0.25) is 0 Å². The Morgan fingerprint density at radius 3 is 2.29 bits per heavy atom. The molecule has 2 rings (SSSR count). The summed E-state index contributed by atoms with van der Waals surface area (Å²) in [4.78, 5) is 0. The maximum atomic E-state index is 9.18. The van der Waals surface area contributed by atoms with Crippen molar-refractivity contribution in [1.82, 2.24) is 0 Å². The fraction of sp³-hybridized carbons (Fsp3) is 0.143. The molecule has 0 aliphatic heterocycles. The number of benzene rings is 2. The minimum atomic E-state index is -0.137. The fourth-order valence-corrected chi connectivity index (χ4v) is 1.69. The summed E-state index contributed by atoms with van der Waals surface area (Å²) in [7, 11) is 0. The van der Waals surface area contributed by atoms with Gasteiger partial charge in [-0.15, -0.1) is 0 Å². The molecule has 0 saturated heterocycles. The van der Waals surface area contributed by atoms with Crippen LogP contribution in [0.2, 0.25) is 0 Å². The first-order valence-electron chi connectivity index (χ1n) is 5.59. The number of rotatable bonds is 4. The van der Waals surface area contributed by atoms with Gasteiger partial charge < -0.3 is 16.2 Å². The van der Waals surface area contributed by atoms with Crippen LogP contribution < -0.4 is 11.1 Å². The lowest BCUT2D eigenvalue weighted by Gasteiger charge is -2.15. The number of aromatic hydroxyl groups is 1. The summed E-state index contributed by atoms with van der Waals surface area (Å²) in [5.41, 5.74) is 8.11. The number of phenols is 1. The van der Waals surface area contributed by atoms with Crippen LogP contribution in [0.5, 0.6) is 5.75 Å². The molecule has 0 aliphatic carbocycles. The van der Waals surface area contributed by atoms with Crippen LogP contribution in [0, 0.1) is 0 Å². The molecule has 0 bridgehead atoms. The van der Waals surface area contributed by atoms with Crippen LogP contribution in [0.4, 0.5) is 5.69 Å². The molecule has 17 heavy (non-hydrogen) atoms. The van der Waals surface area contributed by atoms with E-state index in [0.717, 1.165) is 17.7 Å². The van der Waals surface area contributed by atoms with Gasteiger partial charge in [-0.3, -0.25) is 0 Å². The van der Waals surface area contributed by atoms with Crippen LogP contribution >= 0.6 is 0 Å². The highest BCUT2D eigenvalue weighted by atomic mass is 16.3. The first-order chi connectivity index (χ1) is 8.24. The van der Waals surface area contributed by atoms with Crippen molar-refractivity contribution in [1.29, 1.82) is 0 Å². The molecule has 0 aliphatic rings. The van der Waals surface area contributed by atoms with Crippen molar-refractivity contribution in [2.45, 2.75) is 12.6 Å². The normalized spacial score (nSPS) is 12.1. The van der Waals surface area contributed by atoms with Crippen molar-refractivity contribution in [3.8, 4) is 5.75 Å². The Morgan fingerprint density at radius 1 is 1.00 bits per heavy atom. The first kappa shape index (κ1) is 11.5. The van der Waals surface area contributed by atoms with Gasteiger partial charge in [-0.1, -0.05) is 30.3 Å². The van der Waals surface area contributed by atoms with E-state index < -0.39 is 0 Å². The minimum Gasteiger partial charge on any atom is -0.508 e. The topological polar surface area (TPSA) is 58.3 Å². The van der Waals surface area contributed by atoms with Gasteiger partial charge in [0, 0.05) is 12.1 Å². The highest BCUT2D eigenvalue weighted by molar-refractivity contribution is 5.43. The predicted molar refractivity (Wildman–Crippen MR) is 69.9 cm³/mol. The van der Waals surface area contributed by atoms with Crippen molar-refractivity contribution in [2.24, 2.45) is 5.73 Å². The van der Waals surface area contributed by atoms with E-state index in [1.807, 2.05) is 42.5 Å². The maximum absolute atomic E-state index is 9.18. The van der Waals surface area contributed by atoms with Gasteiger partial charge in [0.25, 0.3) is 0 Å². The summed E-state index contributed by atoms with van der Waals surface area (Å²) >= 11 is 0. The number of anilines is 1. The van der Waals surface area contributed by atoms with E-state index in [1.54, 1.807) is 12.1 Å². The third-order valence-corrected chi connectivity index (χ3v) is 2.52. The van der Waals surface area contributed by atoms with E-state index in [0.29, 0.717) is 0 Å². The van der Waals surface area contributed by atoms with Gasteiger partial charge in [-0.25, -0.2) is 0 Å². The molecule has 3 nitrogen and oxygen atoms in total. The van der Waals surface area contributed by atoms with E-state index in [1.165, 1.54) is 0 Å². The Labute approximate surface area is 101 Å². The molecule has 4 N–H and O–H groups in total. The van der Waals surface area contributed by atoms with Crippen molar-refractivity contribution in [3.05, 3.63) is 60.2 Å². The highest BCUT2D eigenvalue weighted by Crippen LogP contribution is 2.12. The van der Waals surface area contributed by atoms with Gasteiger partial charge in [0.15, 0.2) is 0 Å². The molecule has 0 fully saturated rings. The third kappa shape index (κ3) is 3.50. The zero-order chi connectivity index (χ0) is 12.1. The first-order valence-corrected chi connectivity index (χ1v) is 5.59. The molecular weight excluding hydrogens is 212 g/mol. The summed E-state index contributed by atoms with van der Waals surface area (Å²) in [5.74, 6) is 0.276. The van der Waals surface area contributed by atoms with Crippen LogP contribution in [0.3, 0.4) is 0 Å². The van der Waals surface area contributed by atoms with Gasteiger partial charge in [0.05, 0.1) is 6.17 Å². The second-order valence-electron chi connectivity index (χ2n) is 3.99. The standard InChI is InChI=1S/C14H16N2O/c15-14(16-12-4-2-1-3-5-12)10-11-6-8-13(17)9-7-11/h1-9,14,16-17H,10,15H2. The zero-order valence-electron chi connectivity index (χ0n) is 9.51. The van der Waals surface area contributed by atoms with E-state index in [2.05, 4.69) is 5.32 Å². The lowest BCUT2D eigenvalue weighted by atomic mass is 10.1. The molecule has 0 aromatic heterocycles. The van der Waals surface area contributed by atoms with Crippen molar-refractivity contribution in [3.63, 3.8) is 0 Å². The number of para-hydroxylation sites is 1. The van der Waals surface area contributed by atoms with Gasteiger partial charge in [-0.2, -0.15) is 0 Å². The summed E-state index contributed by atoms with van der Waals surface area (Å²) < 4.78 is 0. The van der Waals surface area contributed by atoms with Gasteiger partial charge in [-0.05, 0) is 29.8 Å². The molecule has 2 aromatic carbocycles. The Hall–Kier alpha value is -2.00. The molecule has 0 heterocycles. The molecule has 0 radical (unpaired) electrons. The summed E-state index contributed by atoms with van der Waals surface area (Å²) in [6, 6.07) is 17.0. The molecule has 0 amide bonds. The van der Waals surface area contributed by atoms with Crippen molar-refractivity contribution >= 4 is 5.69 Å². The Kier molecular flexibility index (Phi) is 3.62. The second kappa shape index (κ2) is 5.37.